The van der Waals surface area contributed by atoms with E-state index >= 15 is 0 Å². The topological polar surface area (TPSA) is 131 Å². The number of amides is 4. The third-order valence-electron chi connectivity index (χ3n) is 7.50. The molecule has 9 nitrogen and oxygen atoms in total. The number of hydrogen-bond donors (Lipinski definition) is 3. The molecule has 4 amide bonds. The van der Waals surface area contributed by atoms with Gasteiger partial charge in [-0.05, 0) is 37.5 Å². The maximum absolute atomic E-state index is 14.9. The van der Waals surface area contributed by atoms with Gasteiger partial charge in [-0.2, -0.15) is 18.4 Å². The fourth-order valence-corrected chi connectivity index (χ4v) is 5.58. The number of alkyl halides is 5. The van der Waals surface area contributed by atoms with E-state index in [1.165, 1.54) is 20.8 Å². The zero-order chi connectivity index (χ0) is 28.6. The lowest BCUT2D eigenvalue weighted by Crippen LogP contribution is -2.71. The van der Waals surface area contributed by atoms with Gasteiger partial charge < -0.3 is 20.9 Å². The van der Waals surface area contributed by atoms with Crippen molar-refractivity contribution in [2.24, 2.45) is 17.3 Å². The SMILES string of the molecule is CC(C)(C)C(NC(=O)C(F)(F)F)C(=O)N1C2CCC(C1C(=O)NC(C#N)CC1CCCNC1=O)C(F)(F)C2. The zero-order valence-electron chi connectivity index (χ0n) is 21.3. The molecule has 3 saturated heterocycles. The smallest absolute Gasteiger partial charge is 0.356 e. The molecule has 3 aliphatic heterocycles. The lowest BCUT2D eigenvalue weighted by Gasteiger charge is -2.55. The van der Waals surface area contributed by atoms with Crippen LogP contribution < -0.4 is 16.0 Å². The van der Waals surface area contributed by atoms with Crippen molar-refractivity contribution in [3.8, 4) is 6.07 Å². The molecule has 4 fully saturated rings. The van der Waals surface area contributed by atoms with Crippen molar-refractivity contribution in [1.29, 1.82) is 5.26 Å². The summed E-state index contributed by atoms with van der Waals surface area (Å²) in [6.45, 7) is 4.69. The van der Waals surface area contributed by atoms with Crippen LogP contribution in [0.4, 0.5) is 22.0 Å². The first kappa shape index (κ1) is 29.6. The van der Waals surface area contributed by atoms with Gasteiger partial charge in [0.25, 0.3) is 5.92 Å². The van der Waals surface area contributed by atoms with Crippen LogP contribution >= 0.6 is 0 Å². The summed E-state index contributed by atoms with van der Waals surface area (Å²) in [6, 6.07) is -4.06. The number of piperidine rings is 3. The molecule has 1 saturated carbocycles. The maximum atomic E-state index is 14.9. The second-order valence-electron chi connectivity index (χ2n) is 11.3. The minimum atomic E-state index is -5.29. The first-order chi connectivity index (χ1) is 17.5. The summed E-state index contributed by atoms with van der Waals surface area (Å²) in [5, 5.41) is 16.3. The minimum absolute atomic E-state index is 0.0640. The van der Waals surface area contributed by atoms with Crippen LogP contribution in [0.5, 0.6) is 0 Å². The van der Waals surface area contributed by atoms with Gasteiger partial charge in [-0.25, -0.2) is 8.78 Å². The first-order valence-corrected chi connectivity index (χ1v) is 12.5. The molecule has 0 spiro atoms. The number of hydrogen-bond acceptors (Lipinski definition) is 5. The minimum Gasteiger partial charge on any atom is -0.356 e. The number of halogens is 5. The molecule has 14 heteroatoms. The normalized spacial score (nSPS) is 28.5. The van der Waals surface area contributed by atoms with Crippen molar-refractivity contribution >= 4 is 23.6 Å². The molecule has 38 heavy (non-hydrogen) atoms. The lowest BCUT2D eigenvalue weighted by molar-refractivity contribution is -0.197. The van der Waals surface area contributed by atoms with Crippen LogP contribution in [0.15, 0.2) is 0 Å². The number of nitrogens with one attached hydrogen (secondary N) is 3. The molecule has 0 aromatic carbocycles. The highest BCUT2D eigenvalue weighted by Crippen LogP contribution is 2.49. The van der Waals surface area contributed by atoms with Crippen LogP contribution in [0.1, 0.15) is 59.3 Å². The van der Waals surface area contributed by atoms with Gasteiger partial charge >= 0.3 is 12.1 Å². The fraction of sp³-hybridized carbons (Fsp3) is 0.792. The summed E-state index contributed by atoms with van der Waals surface area (Å²) in [4.78, 5) is 51.7. The van der Waals surface area contributed by atoms with Crippen molar-refractivity contribution in [2.45, 2.75) is 95.6 Å². The van der Waals surface area contributed by atoms with Crippen molar-refractivity contribution in [1.82, 2.24) is 20.9 Å². The number of carbonyl (C=O) groups excluding carboxylic acids is 4. The van der Waals surface area contributed by atoms with E-state index in [1.54, 1.807) is 5.32 Å². The molecule has 2 bridgehead atoms. The van der Waals surface area contributed by atoms with Crippen LogP contribution in [0, 0.1) is 28.6 Å². The Hall–Kier alpha value is -2.98. The molecule has 6 unspecified atom stereocenters. The summed E-state index contributed by atoms with van der Waals surface area (Å²) in [7, 11) is 0. The molecule has 4 aliphatic rings. The largest absolute Gasteiger partial charge is 0.471 e. The van der Waals surface area contributed by atoms with E-state index in [9.17, 15) is 46.4 Å². The van der Waals surface area contributed by atoms with Crippen molar-refractivity contribution in [2.75, 3.05) is 6.54 Å². The van der Waals surface area contributed by atoms with E-state index in [1.807, 2.05) is 6.07 Å². The molecule has 3 N–H and O–H groups in total. The highest BCUT2D eigenvalue weighted by molar-refractivity contribution is 5.94. The highest BCUT2D eigenvalue weighted by Gasteiger charge is 2.61. The summed E-state index contributed by atoms with van der Waals surface area (Å²) >= 11 is 0. The number of rotatable bonds is 6. The van der Waals surface area contributed by atoms with E-state index in [0.717, 1.165) is 4.90 Å². The average molecular weight is 550 g/mol. The van der Waals surface area contributed by atoms with Crippen LogP contribution in [0.25, 0.3) is 0 Å². The summed E-state index contributed by atoms with van der Waals surface area (Å²) in [5.41, 5.74) is -1.26. The van der Waals surface area contributed by atoms with E-state index in [0.29, 0.717) is 19.4 Å². The Morgan fingerprint density at radius 2 is 1.82 bits per heavy atom. The summed E-state index contributed by atoms with van der Waals surface area (Å²) in [5.74, 6) is -10.3. The Kier molecular flexibility index (Phi) is 8.29. The summed E-state index contributed by atoms with van der Waals surface area (Å²) < 4.78 is 68.9. The number of nitriles is 1. The molecule has 6 atom stereocenters. The molecule has 3 heterocycles. The van der Waals surface area contributed by atoms with Crippen molar-refractivity contribution in [3.63, 3.8) is 0 Å². The second-order valence-corrected chi connectivity index (χ2v) is 11.3. The number of nitrogens with zero attached hydrogens (tertiary/aromatic N) is 2. The number of fused-ring (bicyclic) bond motifs is 3. The Bertz CT molecular complexity index is 1010. The summed E-state index contributed by atoms with van der Waals surface area (Å²) in [6.07, 6.45) is -5.00. The highest BCUT2D eigenvalue weighted by atomic mass is 19.4. The second kappa shape index (κ2) is 10.6. The molecule has 212 valence electrons. The van der Waals surface area contributed by atoms with Gasteiger partial charge in [-0.1, -0.05) is 20.8 Å². The Morgan fingerprint density at radius 3 is 2.34 bits per heavy atom. The third kappa shape index (κ3) is 6.18. The monoisotopic (exact) mass is 549 g/mol. The first-order valence-electron chi connectivity index (χ1n) is 12.5. The number of carbonyl (C=O) groups is 4. The van der Waals surface area contributed by atoms with E-state index in [-0.39, 0.29) is 25.2 Å². The fourth-order valence-electron chi connectivity index (χ4n) is 5.58. The van der Waals surface area contributed by atoms with Gasteiger partial charge in [0.15, 0.2) is 0 Å². The predicted octanol–water partition coefficient (Wildman–Crippen LogP) is 2.02. The predicted molar refractivity (Wildman–Crippen MR) is 122 cm³/mol. The molecular weight excluding hydrogens is 517 g/mol. The Balaban J connectivity index is 1.90. The van der Waals surface area contributed by atoms with Gasteiger partial charge in [-0.15, -0.1) is 0 Å². The van der Waals surface area contributed by atoms with Crippen LogP contribution in [-0.2, 0) is 19.2 Å². The lowest BCUT2D eigenvalue weighted by atomic mass is 9.70. The van der Waals surface area contributed by atoms with Gasteiger partial charge in [0.2, 0.25) is 17.7 Å². The Labute approximate surface area is 216 Å². The van der Waals surface area contributed by atoms with E-state index in [4.69, 9.17) is 0 Å². The van der Waals surface area contributed by atoms with E-state index < -0.39 is 77.7 Å². The average Bonchev–Trinajstić information content (AvgIpc) is 2.80. The quantitative estimate of drug-likeness (QED) is 0.437. The maximum Gasteiger partial charge on any atom is 0.471 e. The zero-order valence-corrected chi connectivity index (χ0v) is 21.3. The molecule has 4 rings (SSSR count). The van der Waals surface area contributed by atoms with Gasteiger partial charge in [0, 0.05) is 24.9 Å². The van der Waals surface area contributed by atoms with Crippen LogP contribution in [-0.4, -0.2) is 71.3 Å². The Morgan fingerprint density at radius 1 is 1.16 bits per heavy atom. The molecule has 0 aromatic heterocycles. The van der Waals surface area contributed by atoms with Gasteiger partial charge in [0.1, 0.15) is 18.1 Å². The van der Waals surface area contributed by atoms with Crippen molar-refractivity contribution in [3.05, 3.63) is 0 Å². The molecule has 0 radical (unpaired) electrons. The molecule has 1 aliphatic carbocycles. The van der Waals surface area contributed by atoms with Gasteiger partial charge in [0.05, 0.1) is 12.0 Å². The van der Waals surface area contributed by atoms with Crippen LogP contribution in [0.3, 0.4) is 0 Å². The third-order valence-corrected chi connectivity index (χ3v) is 7.50. The van der Waals surface area contributed by atoms with Crippen molar-refractivity contribution < 1.29 is 41.1 Å². The van der Waals surface area contributed by atoms with Crippen LogP contribution in [0.2, 0.25) is 0 Å². The molecular formula is C24H32F5N5O4. The van der Waals surface area contributed by atoms with Gasteiger partial charge in [-0.3, -0.25) is 19.2 Å². The van der Waals surface area contributed by atoms with E-state index in [2.05, 4.69) is 10.6 Å². The standard InChI is InChI=1S/C24H32F5N5O4/c1-22(2,3)17(33-21(38)24(27,28)29)20(37)34-14-6-7-15(23(25,26)10-14)16(34)19(36)32-13(11-30)9-12-5-4-8-31-18(12)35/h12-17H,4-10H2,1-3H3,(H,31,35)(H,32,36)(H,33,38). The molecule has 0 aromatic rings.